The van der Waals surface area contributed by atoms with Crippen LogP contribution in [-0.4, -0.2) is 35.2 Å². The number of carbonyl (C=O) groups excluding carboxylic acids is 2. The predicted octanol–water partition coefficient (Wildman–Crippen LogP) is 3.76. The van der Waals surface area contributed by atoms with Crippen molar-refractivity contribution in [3.63, 3.8) is 0 Å². The van der Waals surface area contributed by atoms with Crippen molar-refractivity contribution in [3.8, 4) is 0 Å². The zero-order chi connectivity index (χ0) is 17.4. The molecule has 1 aliphatic heterocycles. The average molecular weight is 343 g/mol. The Bertz CT molecular complexity index is 699. The van der Waals surface area contributed by atoms with E-state index < -0.39 is 5.92 Å². The van der Waals surface area contributed by atoms with E-state index in [4.69, 9.17) is 0 Å². The Labute approximate surface area is 148 Å². The van der Waals surface area contributed by atoms with Crippen molar-refractivity contribution in [2.24, 2.45) is 5.92 Å². The molecule has 2 fully saturated rings. The number of Topliss-reactive ketones (excluding diaryl/α,β-unsaturated/α-hetero) is 2. The summed E-state index contributed by atoms with van der Waals surface area (Å²) in [6.45, 7) is 8.08. The number of hydrogen-bond donors (Lipinski definition) is 0. The summed E-state index contributed by atoms with van der Waals surface area (Å²) >= 11 is 1.75. The number of allylic oxidation sites excluding steroid dienone is 1. The Hall–Kier alpha value is -1.39. The van der Waals surface area contributed by atoms with Crippen LogP contribution in [0.3, 0.4) is 0 Å². The minimum atomic E-state index is -0.588. The molecule has 1 heterocycles. The topological polar surface area (TPSA) is 37.4 Å². The maximum absolute atomic E-state index is 12.9. The minimum absolute atomic E-state index is 0.0256. The van der Waals surface area contributed by atoms with Crippen molar-refractivity contribution in [1.82, 2.24) is 4.31 Å². The molecule has 2 atom stereocenters. The van der Waals surface area contributed by atoms with Gasteiger partial charge in [-0.25, -0.2) is 0 Å². The molecule has 0 aromatic heterocycles. The third kappa shape index (κ3) is 3.22. The Morgan fingerprint density at radius 1 is 1.17 bits per heavy atom. The van der Waals surface area contributed by atoms with Gasteiger partial charge in [0.15, 0.2) is 11.6 Å². The van der Waals surface area contributed by atoms with Gasteiger partial charge in [0.1, 0.15) is 5.92 Å². The van der Waals surface area contributed by atoms with Crippen LogP contribution in [0.25, 0.3) is 0 Å². The highest BCUT2D eigenvalue weighted by atomic mass is 32.2. The van der Waals surface area contributed by atoms with Gasteiger partial charge in [0, 0.05) is 19.5 Å². The fourth-order valence-corrected chi connectivity index (χ4v) is 4.76. The molecular weight excluding hydrogens is 318 g/mol. The van der Waals surface area contributed by atoms with Crippen LogP contribution in [0.2, 0.25) is 0 Å². The van der Waals surface area contributed by atoms with E-state index in [1.165, 1.54) is 5.56 Å². The molecule has 2 unspecified atom stereocenters. The van der Waals surface area contributed by atoms with Crippen LogP contribution < -0.4 is 0 Å². The van der Waals surface area contributed by atoms with E-state index in [1.807, 2.05) is 20.8 Å². The summed E-state index contributed by atoms with van der Waals surface area (Å²) in [4.78, 5) is 25.5. The van der Waals surface area contributed by atoms with Gasteiger partial charge in [-0.05, 0) is 61.6 Å². The number of hydrogen-bond acceptors (Lipinski definition) is 4. The molecule has 0 amide bonds. The summed E-state index contributed by atoms with van der Waals surface area (Å²) in [6.07, 6.45) is 5.53. The first-order valence-corrected chi connectivity index (χ1v) is 9.73. The molecule has 1 aromatic rings. The molecule has 2 aliphatic rings. The van der Waals surface area contributed by atoms with Crippen LogP contribution in [0.4, 0.5) is 0 Å². The molecular formula is C20H25NO2S. The van der Waals surface area contributed by atoms with Gasteiger partial charge in [0.25, 0.3) is 0 Å². The summed E-state index contributed by atoms with van der Waals surface area (Å²) in [5.41, 5.74) is 4.93. The lowest BCUT2D eigenvalue weighted by molar-refractivity contribution is -0.123. The number of aryl methyl sites for hydroxylation is 3. The van der Waals surface area contributed by atoms with Gasteiger partial charge in [-0.2, -0.15) is 0 Å². The summed E-state index contributed by atoms with van der Waals surface area (Å²) < 4.78 is 2.31. The van der Waals surface area contributed by atoms with E-state index >= 15 is 0 Å². The maximum Gasteiger partial charge on any atom is 0.173 e. The van der Waals surface area contributed by atoms with Gasteiger partial charge in [0.05, 0.1) is 0 Å². The second-order valence-electron chi connectivity index (χ2n) is 7.06. The van der Waals surface area contributed by atoms with Crippen molar-refractivity contribution in [2.75, 3.05) is 19.3 Å². The monoisotopic (exact) mass is 343 g/mol. The first kappa shape index (κ1) is 17.4. The molecule has 1 saturated carbocycles. The van der Waals surface area contributed by atoms with Crippen LogP contribution in [0.1, 0.15) is 41.0 Å². The summed E-state index contributed by atoms with van der Waals surface area (Å²) in [7, 11) is 0. The van der Waals surface area contributed by atoms with E-state index in [1.54, 1.807) is 11.9 Å². The Kier molecular flexibility index (Phi) is 4.97. The standard InChI is InChI=1S/C20H25NO2S/c1-12-7-13(2)18(14(3)8-12)19-17(22)10-16(20(19)23)9-15-5-6-21(11-15)24-4/h7-9,15,19H,5-6,10-11H2,1-4H3/b16-9+. The van der Waals surface area contributed by atoms with E-state index in [0.717, 1.165) is 41.8 Å². The highest BCUT2D eigenvalue weighted by Crippen LogP contribution is 2.37. The van der Waals surface area contributed by atoms with E-state index in [9.17, 15) is 9.59 Å². The van der Waals surface area contributed by atoms with Gasteiger partial charge in [0.2, 0.25) is 0 Å². The molecule has 0 spiro atoms. The smallest absolute Gasteiger partial charge is 0.173 e. The minimum Gasteiger partial charge on any atom is -0.298 e. The Morgan fingerprint density at radius 2 is 1.83 bits per heavy atom. The maximum atomic E-state index is 12.9. The largest absolute Gasteiger partial charge is 0.298 e. The summed E-state index contributed by atoms with van der Waals surface area (Å²) in [6, 6.07) is 4.13. The van der Waals surface area contributed by atoms with Crippen molar-refractivity contribution in [2.45, 2.75) is 39.5 Å². The molecule has 0 radical (unpaired) electrons. The SMILES string of the molecule is CSN1CCC(/C=C2\CC(=O)C(c3c(C)cc(C)cc3C)C2=O)C1. The molecule has 3 nitrogen and oxygen atoms in total. The normalized spacial score (nSPS) is 26.8. The van der Waals surface area contributed by atoms with Gasteiger partial charge in [-0.15, -0.1) is 0 Å². The van der Waals surface area contributed by atoms with Crippen molar-refractivity contribution < 1.29 is 9.59 Å². The molecule has 4 heteroatoms. The fourth-order valence-electron chi connectivity index (χ4n) is 4.13. The van der Waals surface area contributed by atoms with Crippen LogP contribution in [0.5, 0.6) is 0 Å². The number of rotatable bonds is 3. The van der Waals surface area contributed by atoms with E-state index in [-0.39, 0.29) is 11.6 Å². The first-order chi connectivity index (χ1) is 11.4. The third-order valence-corrected chi connectivity index (χ3v) is 6.02. The second-order valence-corrected chi connectivity index (χ2v) is 7.95. The summed E-state index contributed by atoms with van der Waals surface area (Å²) in [5.74, 6) is -0.114. The molecule has 0 N–H and O–H groups in total. The molecule has 128 valence electrons. The lowest BCUT2D eigenvalue weighted by Crippen LogP contribution is -2.16. The average Bonchev–Trinajstić information content (AvgIpc) is 3.06. The highest BCUT2D eigenvalue weighted by Gasteiger charge is 2.40. The van der Waals surface area contributed by atoms with Crippen molar-refractivity contribution in [3.05, 3.63) is 46.0 Å². The lowest BCUT2D eigenvalue weighted by atomic mass is 9.87. The van der Waals surface area contributed by atoms with Crippen LogP contribution in [0.15, 0.2) is 23.8 Å². The molecule has 1 aromatic carbocycles. The van der Waals surface area contributed by atoms with Gasteiger partial charge in [-0.1, -0.05) is 35.7 Å². The van der Waals surface area contributed by atoms with E-state index in [0.29, 0.717) is 12.3 Å². The highest BCUT2D eigenvalue weighted by molar-refractivity contribution is 7.96. The van der Waals surface area contributed by atoms with Crippen LogP contribution >= 0.6 is 11.9 Å². The number of nitrogens with zero attached hydrogens (tertiary/aromatic N) is 1. The summed E-state index contributed by atoms with van der Waals surface area (Å²) in [5, 5.41) is 0. The zero-order valence-electron chi connectivity index (χ0n) is 14.9. The number of benzene rings is 1. The molecule has 24 heavy (non-hydrogen) atoms. The molecule has 0 bridgehead atoms. The Morgan fingerprint density at radius 3 is 2.42 bits per heavy atom. The third-order valence-electron chi connectivity index (χ3n) is 5.17. The number of ketones is 2. The Balaban J connectivity index is 1.88. The van der Waals surface area contributed by atoms with Crippen molar-refractivity contribution >= 4 is 23.5 Å². The zero-order valence-corrected chi connectivity index (χ0v) is 15.7. The number of carbonyl (C=O) groups is 2. The first-order valence-electron chi connectivity index (χ1n) is 8.55. The van der Waals surface area contributed by atoms with Gasteiger partial charge in [-0.3, -0.25) is 13.9 Å². The van der Waals surface area contributed by atoms with Crippen molar-refractivity contribution in [1.29, 1.82) is 0 Å². The second kappa shape index (κ2) is 6.85. The van der Waals surface area contributed by atoms with E-state index in [2.05, 4.69) is 28.8 Å². The van der Waals surface area contributed by atoms with Gasteiger partial charge >= 0.3 is 0 Å². The fraction of sp³-hybridized carbons (Fsp3) is 0.500. The van der Waals surface area contributed by atoms with Crippen LogP contribution in [0, 0.1) is 26.7 Å². The molecule has 1 saturated heterocycles. The predicted molar refractivity (Wildman–Crippen MR) is 99.3 cm³/mol. The van der Waals surface area contributed by atoms with Crippen LogP contribution in [-0.2, 0) is 9.59 Å². The lowest BCUT2D eigenvalue weighted by Gasteiger charge is -2.15. The molecule has 3 rings (SSSR count). The molecule has 1 aliphatic carbocycles. The van der Waals surface area contributed by atoms with Gasteiger partial charge < -0.3 is 0 Å². The quantitative estimate of drug-likeness (QED) is 0.476.